The average Bonchev–Trinajstić information content (AvgIpc) is 3.20. The Morgan fingerprint density at radius 1 is 1.11 bits per heavy atom. The van der Waals surface area contributed by atoms with E-state index in [1.54, 1.807) is 6.20 Å². The zero-order chi connectivity index (χ0) is 19.0. The van der Waals surface area contributed by atoms with Gasteiger partial charge in [-0.25, -0.2) is 0 Å². The summed E-state index contributed by atoms with van der Waals surface area (Å²) >= 11 is 18.3. The van der Waals surface area contributed by atoms with Gasteiger partial charge >= 0.3 is 0 Å². The highest BCUT2D eigenvalue weighted by Gasteiger charge is 2.30. The average molecular weight is 434 g/mol. The number of nitrogens with one attached hydrogen (secondary N) is 1. The first-order valence-corrected chi connectivity index (χ1v) is 10.1. The van der Waals surface area contributed by atoms with Gasteiger partial charge < -0.3 is 5.32 Å². The number of rotatable bonds is 3. The highest BCUT2D eigenvalue weighted by Crippen LogP contribution is 2.36. The molecule has 2 aromatic rings. The van der Waals surface area contributed by atoms with E-state index >= 15 is 0 Å². The number of amides is 1. The molecule has 4 rings (SSSR count). The largest absolute Gasteiger partial charge is 0.307 e. The fourth-order valence-electron chi connectivity index (χ4n) is 2.95. The molecule has 0 bridgehead atoms. The van der Waals surface area contributed by atoms with Crippen LogP contribution in [-0.4, -0.2) is 20.9 Å². The number of benzene rings is 2. The van der Waals surface area contributed by atoms with Gasteiger partial charge in [0.2, 0.25) is 0 Å². The third-order valence-corrected chi connectivity index (χ3v) is 5.92. The molecule has 0 saturated carbocycles. The molecule has 136 valence electrons. The summed E-state index contributed by atoms with van der Waals surface area (Å²) in [5.74, 6) is -0.199. The van der Waals surface area contributed by atoms with E-state index in [0.717, 1.165) is 16.8 Å². The number of hydrazone groups is 1. The fourth-order valence-corrected chi connectivity index (χ4v) is 4.21. The van der Waals surface area contributed by atoms with E-state index in [4.69, 9.17) is 40.5 Å². The molecular weight excluding hydrogens is 421 g/mol. The van der Waals surface area contributed by atoms with E-state index in [1.165, 1.54) is 11.8 Å². The second kappa shape index (κ2) is 7.64. The van der Waals surface area contributed by atoms with Gasteiger partial charge in [-0.2, -0.15) is 5.10 Å². The molecule has 2 heterocycles. The van der Waals surface area contributed by atoms with Crippen LogP contribution in [0.2, 0.25) is 10.0 Å². The lowest BCUT2D eigenvalue weighted by atomic mass is 9.98. The number of carbonyl (C=O) groups is 1. The minimum Gasteiger partial charge on any atom is -0.307 e. The normalized spacial score (nSPS) is 21.0. The van der Waals surface area contributed by atoms with Crippen LogP contribution in [0.3, 0.4) is 0 Å². The van der Waals surface area contributed by atoms with E-state index in [0.29, 0.717) is 25.7 Å². The number of thioether (sulfide) groups is 1. The molecule has 2 aromatic carbocycles. The maximum absolute atomic E-state index is 12.1. The maximum atomic E-state index is 12.1. The zero-order valence-corrected chi connectivity index (χ0v) is 17.0. The van der Waals surface area contributed by atoms with Gasteiger partial charge in [0.15, 0.2) is 0 Å². The predicted molar refractivity (Wildman–Crippen MR) is 115 cm³/mol. The summed E-state index contributed by atoms with van der Waals surface area (Å²) in [6.07, 6.45) is 2.45. The van der Waals surface area contributed by atoms with Gasteiger partial charge in [-0.3, -0.25) is 9.80 Å². The molecule has 1 amide bonds. The van der Waals surface area contributed by atoms with Crippen molar-refractivity contribution in [2.45, 2.75) is 12.5 Å². The van der Waals surface area contributed by atoms with E-state index in [-0.39, 0.29) is 11.9 Å². The van der Waals surface area contributed by atoms with E-state index < -0.39 is 0 Å². The third kappa shape index (κ3) is 4.04. The van der Waals surface area contributed by atoms with Crippen molar-refractivity contribution >= 4 is 63.1 Å². The molecule has 1 atom stereocenters. The van der Waals surface area contributed by atoms with Gasteiger partial charge in [-0.05, 0) is 35.4 Å². The Bertz CT molecular complexity index is 971. The van der Waals surface area contributed by atoms with Crippen molar-refractivity contribution in [2.24, 2.45) is 5.10 Å². The molecule has 1 N–H and O–H groups in total. The highest BCUT2D eigenvalue weighted by atomic mass is 35.5. The van der Waals surface area contributed by atoms with Gasteiger partial charge in [0.25, 0.3) is 5.91 Å². The summed E-state index contributed by atoms with van der Waals surface area (Å²) in [4.78, 5) is 12.6. The van der Waals surface area contributed by atoms with Crippen LogP contribution in [0.25, 0.3) is 0 Å². The van der Waals surface area contributed by atoms with Gasteiger partial charge in [0, 0.05) is 22.7 Å². The van der Waals surface area contributed by atoms with Crippen LogP contribution in [0.1, 0.15) is 23.6 Å². The standard InChI is InChI=1S/C19H13Cl2N3OS2/c20-13-5-1-11(2-6-13)15-9-16(12-3-7-14(21)8-4-12)24(23-15)10-17-18(25)22-19(26)27-17/h1-8,10,16H,9H2,(H,22,25,26)/b17-10-. The Morgan fingerprint density at radius 2 is 1.74 bits per heavy atom. The summed E-state index contributed by atoms with van der Waals surface area (Å²) in [6, 6.07) is 15.2. The van der Waals surface area contributed by atoms with Crippen LogP contribution in [0.15, 0.2) is 64.7 Å². The quantitative estimate of drug-likeness (QED) is 0.537. The molecule has 1 fully saturated rings. The Hall–Kier alpha value is -1.86. The molecule has 1 saturated heterocycles. The van der Waals surface area contributed by atoms with Gasteiger partial charge in [-0.15, -0.1) is 0 Å². The maximum Gasteiger partial charge on any atom is 0.265 e. The summed E-state index contributed by atoms with van der Waals surface area (Å²) in [7, 11) is 0. The Kier molecular flexibility index (Phi) is 5.23. The number of nitrogens with zero attached hydrogens (tertiary/aromatic N) is 2. The lowest BCUT2D eigenvalue weighted by Crippen LogP contribution is -2.19. The van der Waals surface area contributed by atoms with E-state index in [1.807, 2.05) is 53.5 Å². The van der Waals surface area contributed by atoms with Crippen LogP contribution >= 0.6 is 47.2 Å². The third-order valence-electron chi connectivity index (χ3n) is 4.27. The first kappa shape index (κ1) is 18.5. The second-order valence-corrected chi connectivity index (χ2v) is 8.63. The molecule has 2 aliphatic heterocycles. The topological polar surface area (TPSA) is 44.7 Å². The second-order valence-electron chi connectivity index (χ2n) is 6.04. The summed E-state index contributed by atoms with van der Waals surface area (Å²) < 4.78 is 0.454. The van der Waals surface area contributed by atoms with E-state index in [2.05, 4.69) is 5.32 Å². The molecule has 0 aromatic heterocycles. The SMILES string of the molecule is O=C1NC(=S)S/C1=C\N1N=C(c2ccc(Cl)cc2)CC1c1ccc(Cl)cc1. The smallest absolute Gasteiger partial charge is 0.265 e. The van der Waals surface area contributed by atoms with Crippen LogP contribution in [0, 0.1) is 0 Å². The molecular formula is C19H13Cl2N3OS2. The molecule has 0 spiro atoms. The van der Waals surface area contributed by atoms with Crippen LogP contribution < -0.4 is 5.32 Å². The van der Waals surface area contributed by atoms with Crippen molar-refractivity contribution in [1.82, 2.24) is 10.3 Å². The summed E-state index contributed by atoms with van der Waals surface area (Å²) in [5, 5.41) is 10.6. The lowest BCUT2D eigenvalue weighted by molar-refractivity contribution is -0.115. The number of thiocarbonyl (C=S) groups is 1. The molecule has 2 aliphatic rings. The molecule has 27 heavy (non-hydrogen) atoms. The number of hydrogen-bond donors (Lipinski definition) is 1. The summed E-state index contributed by atoms with van der Waals surface area (Å²) in [6.45, 7) is 0. The Morgan fingerprint density at radius 3 is 2.33 bits per heavy atom. The first-order valence-electron chi connectivity index (χ1n) is 8.12. The van der Waals surface area contributed by atoms with Crippen LogP contribution in [-0.2, 0) is 4.79 Å². The molecule has 4 nitrogen and oxygen atoms in total. The summed E-state index contributed by atoms with van der Waals surface area (Å²) in [5.41, 5.74) is 2.99. The number of hydrogen-bond acceptors (Lipinski definition) is 5. The van der Waals surface area contributed by atoms with Crippen molar-refractivity contribution in [2.75, 3.05) is 0 Å². The minimum absolute atomic E-state index is 0.0389. The van der Waals surface area contributed by atoms with Crippen molar-refractivity contribution in [1.29, 1.82) is 0 Å². The number of halogens is 2. The predicted octanol–water partition coefficient (Wildman–Crippen LogP) is 5.13. The minimum atomic E-state index is -0.199. The molecule has 0 radical (unpaired) electrons. The van der Waals surface area contributed by atoms with Gasteiger partial charge in [0.1, 0.15) is 4.32 Å². The van der Waals surface area contributed by atoms with Crippen molar-refractivity contribution in [3.8, 4) is 0 Å². The molecule has 0 aliphatic carbocycles. The number of carbonyl (C=O) groups excluding carboxylic acids is 1. The van der Waals surface area contributed by atoms with Crippen molar-refractivity contribution in [3.05, 3.63) is 80.8 Å². The van der Waals surface area contributed by atoms with Gasteiger partial charge in [-0.1, -0.05) is 71.4 Å². The van der Waals surface area contributed by atoms with Gasteiger partial charge in [0.05, 0.1) is 16.7 Å². The van der Waals surface area contributed by atoms with Crippen LogP contribution in [0.5, 0.6) is 0 Å². The molecule has 1 unspecified atom stereocenters. The molecule has 8 heteroatoms. The Labute approximate surface area is 176 Å². The van der Waals surface area contributed by atoms with Crippen molar-refractivity contribution in [3.63, 3.8) is 0 Å². The monoisotopic (exact) mass is 433 g/mol. The Balaban J connectivity index is 1.70. The van der Waals surface area contributed by atoms with Crippen molar-refractivity contribution < 1.29 is 4.79 Å². The highest BCUT2D eigenvalue weighted by molar-refractivity contribution is 8.26. The zero-order valence-electron chi connectivity index (χ0n) is 13.9. The fraction of sp³-hybridized carbons (Fsp3) is 0.105. The van der Waals surface area contributed by atoms with E-state index in [9.17, 15) is 4.79 Å². The first-order chi connectivity index (χ1) is 13.0. The lowest BCUT2D eigenvalue weighted by Gasteiger charge is -2.20. The van der Waals surface area contributed by atoms with Crippen LogP contribution in [0.4, 0.5) is 0 Å².